The minimum Gasteiger partial charge on any atom is -0.493 e. The van der Waals surface area contributed by atoms with Crippen molar-refractivity contribution in [1.82, 2.24) is 5.43 Å². The second-order valence-corrected chi connectivity index (χ2v) is 7.78. The molecular weight excluding hydrogens is 424 g/mol. The number of ketones is 1. The summed E-state index contributed by atoms with van der Waals surface area (Å²) in [5, 5.41) is 7.82. The zero-order valence-corrected chi connectivity index (χ0v) is 18.4. The van der Waals surface area contributed by atoms with Gasteiger partial charge in [-0.05, 0) is 31.2 Å². The molecule has 0 aliphatic heterocycles. The van der Waals surface area contributed by atoms with Crippen molar-refractivity contribution in [1.29, 1.82) is 0 Å². The van der Waals surface area contributed by atoms with E-state index in [1.165, 1.54) is 25.6 Å². The minimum atomic E-state index is -0.333. The molecule has 6 nitrogen and oxygen atoms in total. The lowest BCUT2D eigenvalue weighted by atomic mass is 10.1. The van der Waals surface area contributed by atoms with E-state index in [4.69, 9.17) is 21.1 Å². The van der Waals surface area contributed by atoms with E-state index in [-0.39, 0.29) is 24.5 Å². The van der Waals surface area contributed by atoms with Gasteiger partial charge in [-0.3, -0.25) is 9.59 Å². The third kappa shape index (κ3) is 4.80. The highest BCUT2D eigenvalue weighted by molar-refractivity contribution is 7.18. The summed E-state index contributed by atoms with van der Waals surface area (Å²) in [6, 6.07) is 10.6. The smallest absolute Gasteiger partial charge is 0.240 e. The van der Waals surface area contributed by atoms with Crippen LogP contribution >= 0.6 is 22.9 Å². The molecule has 0 saturated carbocycles. The molecule has 0 unspecified atom stereocenters. The van der Waals surface area contributed by atoms with Crippen molar-refractivity contribution in [3.8, 4) is 11.5 Å². The summed E-state index contributed by atoms with van der Waals surface area (Å²) >= 11 is 7.75. The number of methoxy groups -OCH3 is 2. The quantitative estimate of drug-likeness (QED) is 0.299. The molecule has 8 heteroatoms. The third-order valence-corrected chi connectivity index (χ3v) is 6.03. The molecule has 0 spiro atoms. The Morgan fingerprint density at radius 3 is 2.60 bits per heavy atom. The Balaban J connectivity index is 1.60. The molecule has 1 aromatic heterocycles. The first kappa shape index (κ1) is 21.8. The van der Waals surface area contributed by atoms with Crippen molar-refractivity contribution < 1.29 is 19.1 Å². The first-order valence-electron chi connectivity index (χ1n) is 9.19. The number of Topliss-reactive ketones (excluding diaryl/α,β-unsaturated/α-hetero) is 1. The number of carbonyl (C=O) groups is 2. The number of ether oxygens (including phenoxy) is 2. The lowest BCUT2D eigenvalue weighted by molar-refractivity contribution is -0.121. The number of nitrogens with zero attached hydrogens (tertiary/aromatic N) is 1. The summed E-state index contributed by atoms with van der Waals surface area (Å²) in [6.07, 6.45) is 0.0903. The number of amides is 1. The van der Waals surface area contributed by atoms with Crippen molar-refractivity contribution in [3.05, 3.63) is 57.9 Å². The van der Waals surface area contributed by atoms with Crippen LogP contribution in [0.1, 0.15) is 35.7 Å². The van der Waals surface area contributed by atoms with Crippen LogP contribution in [0, 0.1) is 0 Å². The van der Waals surface area contributed by atoms with Crippen molar-refractivity contribution in [2.45, 2.75) is 19.8 Å². The number of fused-ring (bicyclic) bond motifs is 1. The molecule has 3 rings (SSSR count). The van der Waals surface area contributed by atoms with Crippen LogP contribution in [0.2, 0.25) is 5.02 Å². The van der Waals surface area contributed by atoms with Gasteiger partial charge in [0.15, 0.2) is 17.3 Å². The van der Waals surface area contributed by atoms with Crippen LogP contribution in [0.4, 0.5) is 0 Å². The van der Waals surface area contributed by atoms with Gasteiger partial charge in [0, 0.05) is 34.7 Å². The molecule has 0 atom stereocenters. The highest BCUT2D eigenvalue weighted by atomic mass is 35.5. The number of halogens is 1. The molecule has 1 N–H and O–H groups in total. The second-order valence-electron chi connectivity index (χ2n) is 6.49. The lowest BCUT2D eigenvalue weighted by Gasteiger charge is -2.09. The zero-order valence-electron chi connectivity index (χ0n) is 16.8. The van der Waals surface area contributed by atoms with Crippen LogP contribution < -0.4 is 14.9 Å². The Bertz CT molecular complexity index is 1120. The third-order valence-electron chi connectivity index (χ3n) is 4.57. The summed E-state index contributed by atoms with van der Waals surface area (Å²) < 4.78 is 11.4. The molecule has 0 bridgehead atoms. The van der Waals surface area contributed by atoms with E-state index in [1.807, 2.05) is 30.5 Å². The minimum absolute atomic E-state index is 0.0279. The monoisotopic (exact) mass is 444 g/mol. The van der Waals surface area contributed by atoms with Gasteiger partial charge in [-0.2, -0.15) is 5.10 Å². The van der Waals surface area contributed by atoms with E-state index in [0.29, 0.717) is 27.8 Å². The van der Waals surface area contributed by atoms with E-state index >= 15 is 0 Å². The summed E-state index contributed by atoms with van der Waals surface area (Å²) in [5.74, 6) is 0.515. The van der Waals surface area contributed by atoms with E-state index in [1.54, 1.807) is 18.2 Å². The first-order valence-corrected chi connectivity index (χ1v) is 10.4. The van der Waals surface area contributed by atoms with Crippen LogP contribution in [0.15, 0.2) is 46.9 Å². The highest BCUT2D eigenvalue weighted by Crippen LogP contribution is 2.32. The normalized spacial score (nSPS) is 11.4. The SMILES string of the molecule is COc1ccc(C(=O)CCC(=O)N/N=C(\C)c2csc3c(Cl)cccc23)cc1OC. The number of hydrazone groups is 1. The number of rotatable bonds is 8. The fraction of sp³-hybridized carbons (Fsp3) is 0.227. The highest BCUT2D eigenvalue weighted by Gasteiger charge is 2.13. The van der Waals surface area contributed by atoms with Gasteiger partial charge in [0.2, 0.25) is 5.91 Å². The number of hydrogen-bond acceptors (Lipinski definition) is 6. The molecule has 30 heavy (non-hydrogen) atoms. The first-order chi connectivity index (χ1) is 14.4. The fourth-order valence-corrected chi connectivity index (χ4v) is 4.27. The Morgan fingerprint density at radius 2 is 1.87 bits per heavy atom. The topological polar surface area (TPSA) is 77.0 Å². The number of carbonyl (C=O) groups excluding carboxylic acids is 2. The van der Waals surface area contributed by atoms with Crippen molar-refractivity contribution >= 4 is 50.4 Å². The van der Waals surface area contributed by atoms with Gasteiger partial charge in [0.05, 0.1) is 29.7 Å². The molecule has 156 valence electrons. The van der Waals surface area contributed by atoms with E-state index in [9.17, 15) is 9.59 Å². The van der Waals surface area contributed by atoms with Gasteiger partial charge in [0.1, 0.15) is 0 Å². The molecule has 0 saturated heterocycles. The van der Waals surface area contributed by atoms with E-state index in [2.05, 4.69) is 10.5 Å². The van der Waals surface area contributed by atoms with Gasteiger partial charge in [0.25, 0.3) is 0 Å². The van der Waals surface area contributed by atoms with Crippen molar-refractivity contribution in [2.75, 3.05) is 14.2 Å². The van der Waals surface area contributed by atoms with Crippen LogP contribution in [0.5, 0.6) is 11.5 Å². The van der Waals surface area contributed by atoms with E-state index < -0.39 is 0 Å². The van der Waals surface area contributed by atoms with E-state index in [0.717, 1.165) is 15.6 Å². The average Bonchev–Trinajstić information content (AvgIpc) is 3.20. The summed E-state index contributed by atoms with van der Waals surface area (Å²) in [7, 11) is 3.03. The standard InChI is InChI=1S/C22H21ClN2O4S/c1-13(16-12-30-22-15(16)5-4-6-17(22)23)24-25-21(27)10-8-18(26)14-7-9-19(28-2)20(11-14)29-3/h4-7,9,11-12H,8,10H2,1-3H3,(H,25,27)/b24-13+. The van der Waals surface area contributed by atoms with Gasteiger partial charge in [-0.25, -0.2) is 5.43 Å². The van der Waals surface area contributed by atoms with Crippen molar-refractivity contribution in [3.63, 3.8) is 0 Å². The van der Waals surface area contributed by atoms with Crippen LogP contribution in [-0.4, -0.2) is 31.6 Å². The van der Waals surface area contributed by atoms with Gasteiger partial charge < -0.3 is 9.47 Å². The predicted molar refractivity (Wildman–Crippen MR) is 120 cm³/mol. The Hall–Kier alpha value is -2.90. The summed E-state index contributed by atoms with van der Waals surface area (Å²) in [4.78, 5) is 24.6. The lowest BCUT2D eigenvalue weighted by Crippen LogP contribution is -2.20. The van der Waals surface area contributed by atoms with Gasteiger partial charge in [-0.1, -0.05) is 23.7 Å². The molecule has 0 radical (unpaired) electrons. The van der Waals surface area contributed by atoms with Gasteiger partial charge >= 0.3 is 0 Å². The molecule has 1 heterocycles. The predicted octanol–water partition coefficient (Wildman–Crippen LogP) is 5.08. The number of benzene rings is 2. The summed E-state index contributed by atoms with van der Waals surface area (Å²) in [6.45, 7) is 1.82. The maximum Gasteiger partial charge on any atom is 0.240 e. The van der Waals surface area contributed by atoms with Crippen LogP contribution in [-0.2, 0) is 4.79 Å². The molecule has 0 aliphatic rings. The fourth-order valence-electron chi connectivity index (χ4n) is 2.95. The molecule has 0 fully saturated rings. The number of hydrogen-bond donors (Lipinski definition) is 1. The number of thiophene rings is 1. The Morgan fingerprint density at radius 1 is 1.10 bits per heavy atom. The average molecular weight is 445 g/mol. The molecule has 2 aromatic carbocycles. The molecule has 3 aromatic rings. The summed E-state index contributed by atoms with van der Waals surface area (Å²) in [5.41, 5.74) is 4.57. The molecular formula is C22H21ClN2O4S. The van der Waals surface area contributed by atoms with Crippen LogP contribution in [0.25, 0.3) is 10.1 Å². The second kappa shape index (κ2) is 9.73. The largest absolute Gasteiger partial charge is 0.493 e. The zero-order chi connectivity index (χ0) is 21.7. The maximum atomic E-state index is 12.4. The molecule has 0 aliphatic carbocycles. The Kier molecular flexibility index (Phi) is 7.07. The Labute approximate surface area is 183 Å². The number of nitrogens with one attached hydrogen (secondary N) is 1. The maximum absolute atomic E-state index is 12.4. The molecule has 1 amide bonds. The van der Waals surface area contributed by atoms with Crippen LogP contribution in [0.3, 0.4) is 0 Å². The van der Waals surface area contributed by atoms with Crippen molar-refractivity contribution in [2.24, 2.45) is 5.10 Å². The van der Waals surface area contributed by atoms with Gasteiger partial charge in [-0.15, -0.1) is 11.3 Å².